The van der Waals surface area contributed by atoms with E-state index >= 15 is 0 Å². The molecule has 0 saturated carbocycles. The maximum Gasteiger partial charge on any atom is 0.229 e. The number of hydrogen-bond acceptors (Lipinski definition) is 4. The fourth-order valence-electron chi connectivity index (χ4n) is 0.960. The highest BCUT2D eigenvalue weighted by Crippen LogP contribution is 2.15. The molecule has 0 aromatic carbocycles. The molecule has 0 spiro atoms. The van der Waals surface area contributed by atoms with E-state index in [0.717, 1.165) is 0 Å². The predicted octanol–water partition coefficient (Wildman–Crippen LogP) is -0.751. The highest BCUT2D eigenvalue weighted by molar-refractivity contribution is 5.80. The average Bonchev–Trinajstić information content (AvgIpc) is 2.03. The zero-order valence-corrected chi connectivity index (χ0v) is 6.50. The van der Waals surface area contributed by atoms with Crippen molar-refractivity contribution in [3.8, 4) is 6.07 Å². The van der Waals surface area contributed by atoms with Crippen LogP contribution < -0.4 is 5.32 Å². The summed E-state index contributed by atoms with van der Waals surface area (Å²) in [6, 6.07) is 1.77. The molecule has 1 unspecified atom stereocenters. The van der Waals surface area contributed by atoms with Gasteiger partial charge in [-0.3, -0.25) is 10.1 Å². The maximum absolute atomic E-state index is 10.8. The van der Waals surface area contributed by atoms with Crippen LogP contribution in [0.3, 0.4) is 0 Å². The van der Waals surface area contributed by atoms with Crippen molar-refractivity contribution in [3.63, 3.8) is 0 Å². The second-order valence-electron chi connectivity index (χ2n) is 2.33. The third-order valence-corrected chi connectivity index (χ3v) is 1.53. The van der Waals surface area contributed by atoms with Crippen LogP contribution in [0.2, 0.25) is 0 Å². The molecule has 1 atom stereocenters. The molecule has 1 amide bonds. The first-order chi connectivity index (χ1) is 5.69. The lowest BCUT2D eigenvalue weighted by Gasteiger charge is -2.19. The molecule has 2 N–H and O–H groups in total. The number of aliphatic hydroxyl groups is 1. The Morgan fingerprint density at radius 2 is 2.50 bits per heavy atom. The van der Waals surface area contributed by atoms with E-state index in [-0.39, 0.29) is 23.8 Å². The fourth-order valence-corrected chi connectivity index (χ4v) is 0.960. The molecule has 1 aliphatic rings. The fraction of sp³-hybridized carbons (Fsp3) is 0.429. The summed E-state index contributed by atoms with van der Waals surface area (Å²) < 4.78 is 4.70. The Balaban J connectivity index is 2.99. The van der Waals surface area contributed by atoms with Gasteiger partial charge in [-0.2, -0.15) is 5.26 Å². The van der Waals surface area contributed by atoms with Crippen LogP contribution in [0.15, 0.2) is 11.5 Å². The van der Waals surface area contributed by atoms with Crippen molar-refractivity contribution >= 4 is 5.91 Å². The third-order valence-electron chi connectivity index (χ3n) is 1.53. The summed E-state index contributed by atoms with van der Waals surface area (Å²) in [5.74, 6) is -0.306. The van der Waals surface area contributed by atoms with Crippen molar-refractivity contribution in [2.45, 2.75) is 12.5 Å². The van der Waals surface area contributed by atoms with Gasteiger partial charge in [-0.25, -0.2) is 0 Å². The molecule has 0 aromatic heterocycles. The van der Waals surface area contributed by atoms with Crippen LogP contribution in [0.1, 0.15) is 6.42 Å². The number of aliphatic hydroxyl groups excluding tert-OH is 1. The number of nitriles is 1. The molecule has 5 nitrogen and oxygen atoms in total. The minimum absolute atomic E-state index is 0.0428. The van der Waals surface area contributed by atoms with Gasteiger partial charge in [-0.1, -0.05) is 0 Å². The number of nitrogens with zero attached hydrogens (tertiary/aromatic N) is 1. The standard InChI is InChI=1S/C7H8N2O3/c1-12-7-4(3-8)5(10)2-6(11)9-7/h5,10H,2H2,1H3,(H,9,11). The Labute approximate surface area is 69.2 Å². The largest absolute Gasteiger partial charge is 0.481 e. The molecule has 5 heteroatoms. The number of hydrogen-bond donors (Lipinski definition) is 2. The molecular formula is C7H8N2O3. The van der Waals surface area contributed by atoms with Crippen LogP contribution in [-0.2, 0) is 9.53 Å². The Morgan fingerprint density at radius 1 is 1.83 bits per heavy atom. The monoisotopic (exact) mass is 168 g/mol. The van der Waals surface area contributed by atoms with Crippen molar-refractivity contribution in [2.24, 2.45) is 0 Å². The molecule has 12 heavy (non-hydrogen) atoms. The minimum atomic E-state index is -1.04. The second kappa shape index (κ2) is 3.24. The molecule has 1 heterocycles. The van der Waals surface area contributed by atoms with Crippen LogP contribution in [0.5, 0.6) is 0 Å². The lowest BCUT2D eigenvalue weighted by atomic mass is 10.1. The van der Waals surface area contributed by atoms with Crippen LogP contribution in [-0.4, -0.2) is 24.2 Å². The number of carbonyl (C=O) groups excluding carboxylic acids is 1. The molecule has 1 rings (SSSR count). The lowest BCUT2D eigenvalue weighted by molar-refractivity contribution is -0.123. The first-order valence-electron chi connectivity index (χ1n) is 3.35. The van der Waals surface area contributed by atoms with Gasteiger partial charge in [0.1, 0.15) is 17.7 Å². The van der Waals surface area contributed by atoms with Crippen molar-refractivity contribution in [1.82, 2.24) is 5.32 Å². The molecule has 0 bridgehead atoms. The maximum atomic E-state index is 10.8. The average molecular weight is 168 g/mol. The van der Waals surface area contributed by atoms with Gasteiger partial charge in [0.25, 0.3) is 0 Å². The first kappa shape index (κ1) is 8.56. The van der Waals surface area contributed by atoms with Gasteiger partial charge >= 0.3 is 0 Å². The molecule has 0 fully saturated rings. The molecule has 0 radical (unpaired) electrons. The normalized spacial score (nSPS) is 23.1. The third kappa shape index (κ3) is 1.38. The topological polar surface area (TPSA) is 82.3 Å². The predicted molar refractivity (Wildman–Crippen MR) is 38.4 cm³/mol. The SMILES string of the molecule is COC1=C(C#N)C(O)CC(=O)N1. The summed E-state index contributed by atoms with van der Waals surface area (Å²) in [7, 11) is 1.32. The zero-order valence-electron chi connectivity index (χ0n) is 6.50. The summed E-state index contributed by atoms with van der Waals surface area (Å²) >= 11 is 0. The van der Waals surface area contributed by atoms with Crippen molar-refractivity contribution in [1.29, 1.82) is 5.26 Å². The Kier molecular flexibility index (Phi) is 2.31. The summed E-state index contributed by atoms with van der Waals surface area (Å²) in [6.07, 6.45) is -1.13. The van der Waals surface area contributed by atoms with Crippen LogP contribution in [0.25, 0.3) is 0 Å². The number of nitrogens with one attached hydrogen (secondary N) is 1. The quantitative estimate of drug-likeness (QED) is 0.539. The molecule has 1 aliphatic heterocycles. The summed E-state index contributed by atoms with van der Waals surface area (Å²) in [6.45, 7) is 0. The lowest BCUT2D eigenvalue weighted by Crippen LogP contribution is -2.35. The highest BCUT2D eigenvalue weighted by Gasteiger charge is 2.26. The summed E-state index contributed by atoms with van der Waals surface area (Å²) in [5, 5.41) is 20.1. The van der Waals surface area contributed by atoms with Gasteiger partial charge in [0.05, 0.1) is 13.5 Å². The molecule has 0 aromatic rings. The Hall–Kier alpha value is -1.54. The van der Waals surface area contributed by atoms with E-state index < -0.39 is 6.10 Å². The van der Waals surface area contributed by atoms with E-state index in [0.29, 0.717) is 0 Å². The molecular weight excluding hydrogens is 160 g/mol. The van der Waals surface area contributed by atoms with E-state index in [1.54, 1.807) is 6.07 Å². The van der Waals surface area contributed by atoms with Gasteiger partial charge in [0.15, 0.2) is 0 Å². The van der Waals surface area contributed by atoms with Crippen molar-refractivity contribution in [2.75, 3.05) is 7.11 Å². The highest BCUT2D eigenvalue weighted by atomic mass is 16.5. The number of amides is 1. The van der Waals surface area contributed by atoms with Crippen LogP contribution in [0.4, 0.5) is 0 Å². The zero-order chi connectivity index (χ0) is 9.14. The van der Waals surface area contributed by atoms with Crippen LogP contribution in [0, 0.1) is 11.3 Å². The minimum Gasteiger partial charge on any atom is -0.481 e. The van der Waals surface area contributed by atoms with Gasteiger partial charge in [-0.05, 0) is 0 Å². The van der Waals surface area contributed by atoms with E-state index in [9.17, 15) is 9.90 Å². The van der Waals surface area contributed by atoms with Gasteiger partial charge in [0.2, 0.25) is 11.8 Å². The van der Waals surface area contributed by atoms with E-state index in [1.165, 1.54) is 7.11 Å². The van der Waals surface area contributed by atoms with Gasteiger partial charge in [-0.15, -0.1) is 0 Å². The number of rotatable bonds is 1. The summed E-state index contributed by atoms with van der Waals surface area (Å²) in [4.78, 5) is 10.8. The number of ether oxygens (including phenoxy) is 1. The van der Waals surface area contributed by atoms with E-state index in [2.05, 4.69) is 5.32 Å². The summed E-state index contributed by atoms with van der Waals surface area (Å²) in [5.41, 5.74) is 0.0668. The Morgan fingerprint density at radius 3 is 3.00 bits per heavy atom. The van der Waals surface area contributed by atoms with Crippen molar-refractivity contribution in [3.05, 3.63) is 11.5 Å². The number of methoxy groups -OCH3 is 1. The van der Waals surface area contributed by atoms with Crippen LogP contribution >= 0.6 is 0 Å². The van der Waals surface area contributed by atoms with Gasteiger partial charge in [0, 0.05) is 0 Å². The Bertz CT molecular complexity index is 277. The van der Waals surface area contributed by atoms with E-state index in [4.69, 9.17) is 10.00 Å². The van der Waals surface area contributed by atoms with Gasteiger partial charge < -0.3 is 9.84 Å². The smallest absolute Gasteiger partial charge is 0.229 e. The van der Waals surface area contributed by atoms with E-state index in [1.807, 2.05) is 0 Å². The first-order valence-corrected chi connectivity index (χ1v) is 3.35. The molecule has 64 valence electrons. The number of carbonyl (C=O) groups is 1. The van der Waals surface area contributed by atoms with Crippen molar-refractivity contribution < 1.29 is 14.6 Å². The molecule has 0 saturated heterocycles. The second-order valence-corrected chi connectivity index (χ2v) is 2.33. The molecule has 0 aliphatic carbocycles.